The molecule has 2 N–H and O–H groups in total. The van der Waals surface area contributed by atoms with Crippen molar-refractivity contribution in [1.82, 2.24) is 9.88 Å². The van der Waals surface area contributed by atoms with Gasteiger partial charge in [0.1, 0.15) is 0 Å². The predicted octanol–water partition coefficient (Wildman–Crippen LogP) is 4.63. The fourth-order valence-electron chi connectivity index (χ4n) is 3.15. The summed E-state index contributed by atoms with van der Waals surface area (Å²) in [7, 11) is 3.51. The molecule has 2 heterocycles. The topological polar surface area (TPSA) is 73.4 Å². The number of aromatic nitrogens is 1. The van der Waals surface area contributed by atoms with E-state index in [0.717, 1.165) is 32.8 Å². The zero-order valence-corrected chi connectivity index (χ0v) is 17.3. The molecule has 0 spiro atoms. The number of aromatic amines is 1. The van der Waals surface area contributed by atoms with E-state index in [1.807, 2.05) is 12.1 Å². The van der Waals surface area contributed by atoms with Gasteiger partial charge < -0.3 is 15.0 Å². The van der Waals surface area contributed by atoms with Crippen LogP contribution in [-0.2, 0) is 17.6 Å². The first kappa shape index (κ1) is 19.2. The normalized spacial score (nSPS) is 16.7. The zero-order chi connectivity index (χ0) is 19.2. The summed E-state index contributed by atoms with van der Waals surface area (Å²) in [5.74, 6) is -0.801. The Bertz CT molecular complexity index is 887. The molecule has 1 aromatic heterocycles. The van der Waals surface area contributed by atoms with Gasteiger partial charge >= 0.3 is 5.97 Å². The minimum absolute atomic E-state index is 0.01000. The average molecular weight is 393 g/mol. The summed E-state index contributed by atoms with van der Waals surface area (Å²) in [5, 5.41) is 11.0. The van der Waals surface area contributed by atoms with Gasteiger partial charge in [0.15, 0.2) is 0 Å². The molecule has 26 heavy (non-hydrogen) atoms. The summed E-state index contributed by atoms with van der Waals surface area (Å²) in [6, 6.07) is 4.00. The highest BCUT2D eigenvalue weighted by atomic mass is 32.2. The molecular weight excluding hydrogens is 368 g/mol. The maximum atomic E-state index is 12.2. The lowest BCUT2D eigenvalue weighted by Gasteiger charge is -2.23. The van der Waals surface area contributed by atoms with Crippen molar-refractivity contribution >= 4 is 45.6 Å². The molecule has 0 saturated carbocycles. The van der Waals surface area contributed by atoms with Gasteiger partial charge in [-0.05, 0) is 49.7 Å². The Kier molecular flexibility index (Phi) is 5.05. The van der Waals surface area contributed by atoms with Crippen LogP contribution in [0.4, 0.5) is 4.79 Å². The van der Waals surface area contributed by atoms with E-state index in [1.165, 1.54) is 17.3 Å². The van der Waals surface area contributed by atoms with Crippen LogP contribution in [0.5, 0.6) is 0 Å². The first-order valence-electron chi connectivity index (χ1n) is 8.55. The molecule has 7 heteroatoms. The molecule has 0 radical (unpaired) electrons. The molecule has 0 saturated heterocycles. The third-order valence-electron chi connectivity index (χ3n) is 4.63. The molecule has 1 aromatic carbocycles. The lowest BCUT2D eigenvalue weighted by Crippen LogP contribution is -2.26. The van der Waals surface area contributed by atoms with E-state index in [9.17, 15) is 14.7 Å². The Hall–Kier alpha value is -1.60. The molecule has 3 rings (SSSR count). The Labute approximate surface area is 161 Å². The van der Waals surface area contributed by atoms with Crippen LogP contribution >= 0.6 is 23.5 Å². The molecule has 1 aliphatic heterocycles. The van der Waals surface area contributed by atoms with Crippen molar-refractivity contribution in [2.75, 3.05) is 14.1 Å². The van der Waals surface area contributed by atoms with Crippen molar-refractivity contribution in [3.8, 4) is 0 Å². The first-order valence-corrected chi connectivity index (χ1v) is 10.3. The van der Waals surface area contributed by atoms with Gasteiger partial charge in [-0.15, -0.1) is 11.8 Å². The number of rotatable bonds is 4. The smallest absolute Gasteiger partial charge is 0.309 e. The van der Waals surface area contributed by atoms with Crippen LogP contribution in [-0.4, -0.2) is 45.5 Å². The quantitative estimate of drug-likeness (QED) is 0.742. The average Bonchev–Trinajstić information content (AvgIpc) is 2.87. The number of carbonyl (C=O) groups is 2. The Morgan fingerprint density at radius 2 is 2.08 bits per heavy atom. The van der Waals surface area contributed by atoms with Crippen molar-refractivity contribution in [3.05, 3.63) is 23.4 Å². The maximum Gasteiger partial charge on any atom is 0.309 e. The molecule has 1 atom stereocenters. The molecule has 1 aliphatic rings. The second-order valence-electron chi connectivity index (χ2n) is 7.66. The van der Waals surface area contributed by atoms with Crippen LogP contribution in [0.25, 0.3) is 10.9 Å². The number of thioether (sulfide) groups is 2. The van der Waals surface area contributed by atoms with Crippen LogP contribution in [0.1, 0.15) is 32.0 Å². The highest BCUT2D eigenvalue weighted by molar-refractivity contribution is 8.13. The number of nitrogens with zero attached hydrogens (tertiary/aromatic N) is 1. The largest absolute Gasteiger partial charge is 0.481 e. The number of benzene rings is 1. The lowest BCUT2D eigenvalue weighted by atomic mass is 9.88. The molecule has 1 unspecified atom stereocenters. The van der Waals surface area contributed by atoms with E-state index in [-0.39, 0.29) is 5.24 Å². The van der Waals surface area contributed by atoms with Gasteiger partial charge in [0.05, 0.1) is 5.41 Å². The number of hydrogen-bond acceptors (Lipinski definition) is 4. The number of hydrogen-bond donors (Lipinski definition) is 2. The third kappa shape index (κ3) is 3.47. The summed E-state index contributed by atoms with van der Waals surface area (Å²) >= 11 is 3.05. The molecule has 0 bridgehead atoms. The van der Waals surface area contributed by atoms with Crippen LogP contribution in [0.15, 0.2) is 21.9 Å². The second-order valence-corrected chi connectivity index (χ2v) is 10.1. The lowest BCUT2D eigenvalue weighted by molar-refractivity contribution is -0.146. The maximum absolute atomic E-state index is 12.2. The van der Waals surface area contributed by atoms with Crippen LogP contribution < -0.4 is 0 Å². The zero-order valence-electron chi connectivity index (χ0n) is 15.7. The van der Waals surface area contributed by atoms with Gasteiger partial charge in [-0.1, -0.05) is 6.92 Å². The minimum atomic E-state index is -0.836. The van der Waals surface area contributed by atoms with Crippen molar-refractivity contribution < 1.29 is 14.7 Å². The van der Waals surface area contributed by atoms with E-state index in [1.54, 1.807) is 44.6 Å². The minimum Gasteiger partial charge on any atom is -0.481 e. The van der Waals surface area contributed by atoms with Gasteiger partial charge in [-0.25, -0.2) is 0 Å². The number of aliphatic carboxylic acids is 1. The van der Waals surface area contributed by atoms with Gasteiger partial charge in [-0.3, -0.25) is 9.59 Å². The van der Waals surface area contributed by atoms with Crippen molar-refractivity contribution in [3.63, 3.8) is 0 Å². The fourth-order valence-corrected chi connectivity index (χ4v) is 5.23. The van der Waals surface area contributed by atoms with E-state index >= 15 is 0 Å². The first-order chi connectivity index (χ1) is 12.1. The highest BCUT2D eigenvalue weighted by Crippen LogP contribution is 2.46. The Morgan fingerprint density at radius 1 is 1.38 bits per heavy atom. The van der Waals surface area contributed by atoms with Crippen LogP contribution in [0, 0.1) is 5.41 Å². The standard InChI is InChI=1S/C19H24N2O3S2/c1-10-8-11-14(26-18(24)21(4)5)7-6-12-15(11)16(25-10)13(20-12)9-19(2,3)17(22)23/h6-7,10,20H,8-9H2,1-5H3,(H,22,23). The SMILES string of the molecule is CC1Cc2c(SC(=O)N(C)C)ccc3[nH]c(CC(C)(C)C(=O)O)c(c23)S1. The van der Waals surface area contributed by atoms with Gasteiger partial charge in [0.2, 0.25) is 0 Å². The molecular formula is C19H24N2O3S2. The molecule has 1 amide bonds. The highest BCUT2D eigenvalue weighted by Gasteiger charge is 2.32. The van der Waals surface area contributed by atoms with Gasteiger partial charge in [0, 0.05) is 52.2 Å². The monoisotopic (exact) mass is 392 g/mol. The molecule has 0 aliphatic carbocycles. The summed E-state index contributed by atoms with van der Waals surface area (Å²) in [5.41, 5.74) is 2.36. The number of H-pyrrole nitrogens is 1. The number of carboxylic acid groups (broad SMARTS) is 1. The van der Waals surface area contributed by atoms with Crippen molar-refractivity contribution in [2.24, 2.45) is 5.41 Å². The van der Waals surface area contributed by atoms with Crippen molar-refractivity contribution in [1.29, 1.82) is 0 Å². The molecule has 2 aromatic rings. The molecule has 140 valence electrons. The van der Waals surface area contributed by atoms with Gasteiger partial charge in [-0.2, -0.15) is 0 Å². The third-order valence-corrected chi connectivity index (χ3v) is 7.02. The summed E-state index contributed by atoms with van der Waals surface area (Å²) in [6.45, 7) is 5.68. The van der Waals surface area contributed by atoms with E-state index in [0.29, 0.717) is 11.7 Å². The summed E-state index contributed by atoms with van der Waals surface area (Å²) in [4.78, 5) is 30.9. The summed E-state index contributed by atoms with van der Waals surface area (Å²) < 4.78 is 0. The fraction of sp³-hybridized carbons (Fsp3) is 0.474. The second kappa shape index (κ2) is 6.85. The Balaban J connectivity index is 2.10. The van der Waals surface area contributed by atoms with Gasteiger partial charge in [0.25, 0.3) is 5.24 Å². The number of nitrogens with one attached hydrogen (secondary N) is 1. The Morgan fingerprint density at radius 3 is 2.69 bits per heavy atom. The van der Waals surface area contributed by atoms with Crippen LogP contribution in [0.3, 0.4) is 0 Å². The predicted molar refractivity (Wildman–Crippen MR) is 107 cm³/mol. The van der Waals surface area contributed by atoms with Crippen molar-refractivity contribution in [2.45, 2.75) is 48.7 Å². The summed E-state index contributed by atoms with van der Waals surface area (Å²) in [6.07, 6.45) is 1.35. The molecule has 0 fully saturated rings. The van der Waals surface area contributed by atoms with E-state index < -0.39 is 11.4 Å². The molecule has 5 nitrogen and oxygen atoms in total. The van der Waals surface area contributed by atoms with E-state index in [2.05, 4.69) is 11.9 Å². The number of amides is 1. The number of carboxylic acids is 1. The number of carbonyl (C=O) groups excluding carboxylic acids is 1. The van der Waals surface area contributed by atoms with Crippen LogP contribution in [0.2, 0.25) is 0 Å². The van der Waals surface area contributed by atoms with E-state index in [4.69, 9.17) is 0 Å².